The number of carboxylic acid groups (broad SMARTS) is 1. The highest BCUT2D eigenvalue weighted by molar-refractivity contribution is 5.87. The van der Waals surface area contributed by atoms with Crippen molar-refractivity contribution in [2.24, 2.45) is 0 Å². The van der Waals surface area contributed by atoms with Gasteiger partial charge in [0.15, 0.2) is 5.69 Å². The Labute approximate surface area is 81.4 Å². The average Bonchev–Trinajstić information content (AvgIpc) is 2.59. The normalized spacial score (nSPS) is 15.5. The van der Waals surface area contributed by atoms with Crippen molar-refractivity contribution >= 4 is 5.97 Å². The molecule has 1 N–H and O–H groups in total. The van der Waals surface area contributed by atoms with Crippen LogP contribution in [0.15, 0.2) is 6.33 Å². The topological polar surface area (TPSA) is 66.3 Å². The van der Waals surface area contributed by atoms with Gasteiger partial charge in [0, 0.05) is 18.7 Å². The van der Waals surface area contributed by atoms with E-state index in [1.54, 1.807) is 0 Å². The molecule has 1 aromatic rings. The van der Waals surface area contributed by atoms with Gasteiger partial charge in [0.25, 0.3) is 0 Å². The number of nitrogens with zero attached hydrogens (tertiary/aromatic N) is 3. The molecule has 0 aliphatic carbocycles. The van der Waals surface area contributed by atoms with Crippen LogP contribution in [0.3, 0.4) is 0 Å². The Hall–Kier alpha value is -1.49. The second kappa shape index (κ2) is 3.34. The van der Waals surface area contributed by atoms with Crippen LogP contribution in [0.5, 0.6) is 0 Å². The molecule has 1 aromatic heterocycles. The molecule has 0 aromatic carbocycles. The molecule has 0 radical (unpaired) electrons. The zero-order valence-corrected chi connectivity index (χ0v) is 7.90. The van der Waals surface area contributed by atoms with Crippen LogP contribution in [-0.2, 0) is 13.1 Å². The van der Waals surface area contributed by atoms with E-state index in [4.69, 9.17) is 5.11 Å². The van der Waals surface area contributed by atoms with E-state index in [1.807, 2.05) is 6.92 Å². The molecular formula is C9H11N3O2. The first-order chi connectivity index (χ1) is 6.72. The first kappa shape index (κ1) is 9.08. The highest BCUT2D eigenvalue weighted by Crippen LogP contribution is 2.22. The Bertz CT molecular complexity index is 378. The van der Waals surface area contributed by atoms with E-state index in [2.05, 4.69) is 14.9 Å². The lowest BCUT2D eigenvalue weighted by molar-refractivity contribution is 0.0688. The summed E-state index contributed by atoms with van der Waals surface area (Å²) in [5.41, 5.74) is 1.76. The smallest absolute Gasteiger partial charge is 0.354 e. The van der Waals surface area contributed by atoms with Crippen LogP contribution in [0.1, 0.15) is 28.7 Å². The standard InChI is InChI=1S/C9H11N3O2/c1-2-12-3-6-7(4-12)10-5-11-8(6)9(13)14/h5H,2-4H2,1H3,(H,13,14). The van der Waals surface area contributed by atoms with Gasteiger partial charge in [-0.1, -0.05) is 6.92 Å². The van der Waals surface area contributed by atoms with E-state index in [0.29, 0.717) is 6.54 Å². The molecule has 0 unspecified atom stereocenters. The zero-order valence-electron chi connectivity index (χ0n) is 7.90. The molecule has 1 aliphatic heterocycles. The molecule has 0 bridgehead atoms. The molecule has 1 aliphatic rings. The number of fused-ring (bicyclic) bond motifs is 1. The summed E-state index contributed by atoms with van der Waals surface area (Å²) in [5.74, 6) is -0.971. The van der Waals surface area contributed by atoms with Gasteiger partial charge in [0.05, 0.1) is 5.69 Å². The van der Waals surface area contributed by atoms with E-state index in [9.17, 15) is 4.79 Å². The lowest BCUT2D eigenvalue weighted by Crippen LogP contribution is -2.15. The predicted molar refractivity (Wildman–Crippen MR) is 48.8 cm³/mol. The molecule has 5 nitrogen and oxygen atoms in total. The monoisotopic (exact) mass is 193 g/mol. The number of carboxylic acids is 1. The molecule has 74 valence electrons. The van der Waals surface area contributed by atoms with E-state index >= 15 is 0 Å². The quantitative estimate of drug-likeness (QED) is 0.741. The van der Waals surface area contributed by atoms with Crippen LogP contribution in [0.25, 0.3) is 0 Å². The first-order valence-electron chi connectivity index (χ1n) is 4.50. The van der Waals surface area contributed by atoms with Crippen molar-refractivity contribution in [3.05, 3.63) is 23.3 Å². The SMILES string of the molecule is CCN1Cc2ncnc(C(=O)O)c2C1. The third kappa shape index (κ3) is 1.35. The van der Waals surface area contributed by atoms with E-state index in [0.717, 1.165) is 24.3 Å². The molecule has 2 rings (SSSR count). The van der Waals surface area contributed by atoms with Crippen LogP contribution in [0.4, 0.5) is 0 Å². The van der Waals surface area contributed by atoms with Crippen LogP contribution in [0, 0.1) is 0 Å². The van der Waals surface area contributed by atoms with Crippen molar-refractivity contribution in [3.8, 4) is 0 Å². The van der Waals surface area contributed by atoms with Crippen LogP contribution >= 0.6 is 0 Å². The zero-order chi connectivity index (χ0) is 10.1. The molecule has 14 heavy (non-hydrogen) atoms. The van der Waals surface area contributed by atoms with Gasteiger partial charge in [0.2, 0.25) is 0 Å². The van der Waals surface area contributed by atoms with E-state index in [-0.39, 0.29) is 5.69 Å². The number of hydrogen-bond donors (Lipinski definition) is 1. The summed E-state index contributed by atoms with van der Waals surface area (Å²) in [5, 5.41) is 8.90. The first-order valence-corrected chi connectivity index (χ1v) is 4.50. The Morgan fingerprint density at radius 2 is 2.36 bits per heavy atom. The number of aromatic nitrogens is 2. The second-order valence-electron chi connectivity index (χ2n) is 3.26. The van der Waals surface area contributed by atoms with Crippen molar-refractivity contribution < 1.29 is 9.90 Å². The minimum atomic E-state index is -0.971. The lowest BCUT2D eigenvalue weighted by atomic mass is 10.2. The van der Waals surface area contributed by atoms with Crippen LogP contribution in [0.2, 0.25) is 0 Å². The molecule has 0 atom stereocenters. The summed E-state index contributed by atoms with van der Waals surface area (Å²) < 4.78 is 0. The maximum absolute atomic E-state index is 10.8. The third-order valence-corrected chi connectivity index (χ3v) is 2.44. The predicted octanol–water partition coefficient (Wildman–Crippen LogP) is 0.510. The number of carbonyl (C=O) groups is 1. The molecule has 5 heteroatoms. The van der Waals surface area contributed by atoms with Gasteiger partial charge in [-0.05, 0) is 6.54 Å². The maximum Gasteiger partial charge on any atom is 0.354 e. The van der Waals surface area contributed by atoms with Crippen LogP contribution < -0.4 is 0 Å². The van der Waals surface area contributed by atoms with Gasteiger partial charge in [-0.3, -0.25) is 4.90 Å². The number of aromatic carboxylic acids is 1. The fourth-order valence-corrected chi connectivity index (χ4v) is 1.65. The largest absolute Gasteiger partial charge is 0.476 e. The van der Waals surface area contributed by atoms with Crippen molar-refractivity contribution in [2.45, 2.75) is 20.0 Å². The second-order valence-corrected chi connectivity index (χ2v) is 3.26. The molecule has 0 saturated heterocycles. The summed E-state index contributed by atoms with van der Waals surface area (Å²) in [7, 11) is 0. The highest BCUT2D eigenvalue weighted by Gasteiger charge is 2.25. The summed E-state index contributed by atoms with van der Waals surface area (Å²) in [6.07, 6.45) is 1.32. The summed E-state index contributed by atoms with van der Waals surface area (Å²) in [6.45, 7) is 4.32. The van der Waals surface area contributed by atoms with Gasteiger partial charge >= 0.3 is 5.97 Å². The average molecular weight is 193 g/mol. The van der Waals surface area contributed by atoms with Crippen molar-refractivity contribution in [1.29, 1.82) is 0 Å². The Balaban J connectivity index is 2.41. The molecule has 0 saturated carbocycles. The van der Waals surface area contributed by atoms with Crippen molar-refractivity contribution in [2.75, 3.05) is 6.54 Å². The molecular weight excluding hydrogens is 182 g/mol. The van der Waals surface area contributed by atoms with Crippen molar-refractivity contribution in [1.82, 2.24) is 14.9 Å². The fraction of sp³-hybridized carbons (Fsp3) is 0.444. The minimum absolute atomic E-state index is 0.144. The Morgan fingerprint density at radius 1 is 1.57 bits per heavy atom. The fourth-order valence-electron chi connectivity index (χ4n) is 1.65. The lowest BCUT2D eigenvalue weighted by Gasteiger charge is -2.09. The molecule has 0 fully saturated rings. The molecule has 0 spiro atoms. The third-order valence-electron chi connectivity index (χ3n) is 2.44. The maximum atomic E-state index is 10.8. The van der Waals surface area contributed by atoms with E-state index in [1.165, 1.54) is 6.33 Å². The van der Waals surface area contributed by atoms with Gasteiger partial charge in [0.1, 0.15) is 6.33 Å². The Kier molecular flexibility index (Phi) is 2.17. The summed E-state index contributed by atoms with van der Waals surface area (Å²) in [6, 6.07) is 0. The minimum Gasteiger partial charge on any atom is -0.476 e. The number of hydrogen-bond acceptors (Lipinski definition) is 4. The number of rotatable bonds is 2. The van der Waals surface area contributed by atoms with E-state index < -0.39 is 5.97 Å². The Morgan fingerprint density at radius 3 is 3.00 bits per heavy atom. The highest BCUT2D eigenvalue weighted by atomic mass is 16.4. The summed E-state index contributed by atoms with van der Waals surface area (Å²) in [4.78, 5) is 20.8. The van der Waals surface area contributed by atoms with Gasteiger partial charge < -0.3 is 5.11 Å². The summed E-state index contributed by atoms with van der Waals surface area (Å²) >= 11 is 0. The van der Waals surface area contributed by atoms with Crippen LogP contribution in [-0.4, -0.2) is 32.5 Å². The molecule has 0 amide bonds. The van der Waals surface area contributed by atoms with Crippen molar-refractivity contribution in [3.63, 3.8) is 0 Å². The van der Waals surface area contributed by atoms with Gasteiger partial charge in [-0.2, -0.15) is 0 Å². The van der Waals surface area contributed by atoms with Gasteiger partial charge in [-0.15, -0.1) is 0 Å². The molecule has 2 heterocycles. The van der Waals surface area contributed by atoms with Gasteiger partial charge in [-0.25, -0.2) is 14.8 Å².